The van der Waals surface area contributed by atoms with Crippen LogP contribution >= 0.6 is 11.8 Å². The van der Waals surface area contributed by atoms with Gasteiger partial charge in [-0.05, 0) is 19.9 Å². The molecule has 0 aromatic carbocycles. The van der Waals surface area contributed by atoms with Gasteiger partial charge in [-0.15, -0.1) is 0 Å². The van der Waals surface area contributed by atoms with Crippen molar-refractivity contribution in [3.63, 3.8) is 0 Å². The number of carbonyl (C=O) groups excluding carboxylic acids is 1. The lowest BCUT2D eigenvalue weighted by molar-refractivity contribution is -0.605. The number of hydrogen-bond donors (Lipinski definition) is 0. The number of halogens is 2. The Morgan fingerprint density at radius 3 is 2.93 bits per heavy atom. The highest BCUT2D eigenvalue weighted by molar-refractivity contribution is 7.99. The summed E-state index contributed by atoms with van der Waals surface area (Å²) in [6.07, 6.45) is 4.77. The lowest BCUT2D eigenvalue weighted by atomic mass is 10.3. The number of amides is 1. The first-order valence-electron chi connectivity index (χ1n) is 8.83. The van der Waals surface area contributed by atoms with E-state index in [1.54, 1.807) is 34.8 Å². The van der Waals surface area contributed by atoms with E-state index < -0.39 is 11.8 Å². The zero-order valence-corrected chi connectivity index (χ0v) is 16.1. The van der Waals surface area contributed by atoms with Crippen molar-refractivity contribution in [2.45, 2.75) is 32.6 Å². The number of alkyl halides is 2. The molecule has 0 spiro atoms. The average molecular weight is 396 g/mol. The smallest absolute Gasteiger partial charge is 0.252 e. The van der Waals surface area contributed by atoms with Crippen LogP contribution in [0.15, 0.2) is 30.7 Å². The third-order valence-corrected chi connectivity index (χ3v) is 5.67. The van der Waals surface area contributed by atoms with Crippen LogP contribution in [-0.4, -0.2) is 39.7 Å². The molecule has 3 rings (SSSR count). The van der Waals surface area contributed by atoms with E-state index in [1.807, 2.05) is 6.92 Å². The second-order valence-corrected chi connectivity index (χ2v) is 7.74. The fraction of sp³-hybridized carbons (Fsp3) is 0.500. The summed E-state index contributed by atoms with van der Waals surface area (Å²) in [5.41, 5.74) is 1.96. The normalized spacial score (nSPS) is 17.7. The summed E-state index contributed by atoms with van der Waals surface area (Å²) >= 11 is 1.40. The van der Waals surface area contributed by atoms with Gasteiger partial charge in [0.25, 0.3) is 5.92 Å². The number of aryl methyl sites for hydroxylation is 1. The van der Waals surface area contributed by atoms with Gasteiger partial charge in [-0.2, -0.15) is 21.6 Å². The third-order valence-electron chi connectivity index (χ3n) is 4.54. The van der Waals surface area contributed by atoms with Crippen molar-refractivity contribution in [1.29, 1.82) is 0 Å². The van der Waals surface area contributed by atoms with Crippen molar-refractivity contribution in [2.75, 3.05) is 23.0 Å². The van der Waals surface area contributed by atoms with Crippen LogP contribution in [0, 0.1) is 18.0 Å². The molecule has 0 bridgehead atoms. The molecule has 0 aliphatic heterocycles. The lowest BCUT2D eigenvalue weighted by Gasteiger charge is -2.20. The van der Waals surface area contributed by atoms with E-state index >= 15 is 0 Å². The summed E-state index contributed by atoms with van der Waals surface area (Å²) in [6.45, 7) is 4.16. The molecule has 0 saturated heterocycles. The molecule has 1 unspecified atom stereocenters. The minimum atomic E-state index is -2.50. The summed E-state index contributed by atoms with van der Waals surface area (Å²) in [4.78, 5) is 14.2. The van der Waals surface area contributed by atoms with Crippen molar-refractivity contribution in [2.24, 2.45) is 5.92 Å². The molecule has 2 aromatic heterocycles. The fourth-order valence-electron chi connectivity index (χ4n) is 2.88. The van der Waals surface area contributed by atoms with Gasteiger partial charge in [0, 0.05) is 42.9 Å². The summed E-state index contributed by atoms with van der Waals surface area (Å²) in [5, 5.41) is 15.9. The van der Waals surface area contributed by atoms with Crippen molar-refractivity contribution >= 4 is 23.4 Å². The van der Waals surface area contributed by atoms with Crippen LogP contribution in [0.1, 0.15) is 25.5 Å². The van der Waals surface area contributed by atoms with E-state index in [9.17, 15) is 18.8 Å². The van der Waals surface area contributed by atoms with Crippen LogP contribution in [0.4, 0.5) is 14.5 Å². The van der Waals surface area contributed by atoms with Crippen LogP contribution in [-0.2, 0) is 4.79 Å². The van der Waals surface area contributed by atoms with Gasteiger partial charge in [0.15, 0.2) is 6.20 Å². The molecule has 27 heavy (non-hydrogen) atoms. The van der Waals surface area contributed by atoms with Crippen molar-refractivity contribution in [3.8, 4) is 5.69 Å². The number of hydrogen-bond acceptors (Lipinski definition) is 4. The van der Waals surface area contributed by atoms with Crippen molar-refractivity contribution < 1.29 is 18.3 Å². The minimum absolute atomic E-state index is 0.0315. The Bertz CT molecular complexity index is 827. The second kappa shape index (κ2) is 7.84. The molecular formula is C18H22F2N4O2S. The Morgan fingerprint density at radius 1 is 1.56 bits per heavy atom. The molecule has 6 nitrogen and oxygen atoms in total. The van der Waals surface area contributed by atoms with Gasteiger partial charge in [0.2, 0.25) is 12.1 Å². The zero-order chi connectivity index (χ0) is 19.6. The molecule has 1 aliphatic rings. The molecule has 0 N–H and O–H groups in total. The van der Waals surface area contributed by atoms with Gasteiger partial charge in [0.05, 0.1) is 17.6 Å². The monoisotopic (exact) mass is 396 g/mol. The SMILES string of the molecule is CCN(C(=O)CCSCC1CC1(F)F)c1cn(-c2ccc[n+]([O-])c2)nc1C. The number of thioether (sulfide) groups is 1. The quantitative estimate of drug-likeness (QED) is 0.391. The summed E-state index contributed by atoms with van der Waals surface area (Å²) in [6, 6.07) is 3.38. The molecule has 1 fully saturated rings. The van der Waals surface area contributed by atoms with Gasteiger partial charge in [-0.3, -0.25) is 4.79 Å². The number of nitrogens with zero attached hydrogens (tertiary/aromatic N) is 4. The molecule has 1 saturated carbocycles. The van der Waals surface area contributed by atoms with Crippen LogP contribution < -0.4 is 9.63 Å². The number of aromatic nitrogens is 3. The molecule has 9 heteroatoms. The molecule has 0 radical (unpaired) electrons. The van der Waals surface area contributed by atoms with E-state index in [2.05, 4.69) is 5.10 Å². The average Bonchev–Trinajstić information content (AvgIpc) is 3.04. The number of rotatable bonds is 8. The van der Waals surface area contributed by atoms with Gasteiger partial charge >= 0.3 is 0 Å². The molecule has 1 amide bonds. The summed E-state index contributed by atoms with van der Waals surface area (Å²) in [5.74, 6) is -2.19. The van der Waals surface area contributed by atoms with E-state index in [0.29, 0.717) is 39.8 Å². The number of pyridine rings is 1. The molecule has 2 aromatic rings. The van der Waals surface area contributed by atoms with Gasteiger partial charge in [0.1, 0.15) is 5.69 Å². The first-order valence-corrected chi connectivity index (χ1v) is 9.98. The van der Waals surface area contributed by atoms with Crippen LogP contribution in [0.3, 0.4) is 0 Å². The van der Waals surface area contributed by atoms with E-state index in [4.69, 9.17) is 0 Å². The van der Waals surface area contributed by atoms with Crippen molar-refractivity contribution in [1.82, 2.24) is 9.78 Å². The Hall–Kier alpha value is -2.16. The summed E-state index contributed by atoms with van der Waals surface area (Å²) < 4.78 is 28.0. The topological polar surface area (TPSA) is 65.1 Å². The largest absolute Gasteiger partial charge is 0.619 e. The predicted molar refractivity (Wildman–Crippen MR) is 100 cm³/mol. The third kappa shape index (κ3) is 4.58. The lowest BCUT2D eigenvalue weighted by Crippen LogP contribution is -2.31. The first kappa shape index (κ1) is 19.6. The number of carbonyl (C=O) groups is 1. The van der Waals surface area contributed by atoms with E-state index in [1.165, 1.54) is 24.2 Å². The molecule has 2 heterocycles. The van der Waals surface area contributed by atoms with Crippen LogP contribution in [0.5, 0.6) is 0 Å². The van der Waals surface area contributed by atoms with Gasteiger partial charge < -0.3 is 10.1 Å². The van der Waals surface area contributed by atoms with E-state index in [0.717, 1.165) is 0 Å². The Morgan fingerprint density at radius 2 is 2.30 bits per heavy atom. The van der Waals surface area contributed by atoms with Gasteiger partial charge in [-0.1, -0.05) is 0 Å². The minimum Gasteiger partial charge on any atom is -0.619 e. The second-order valence-electron chi connectivity index (χ2n) is 6.59. The Balaban J connectivity index is 1.61. The predicted octanol–water partition coefficient (Wildman–Crippen LogP) is 2.95. The molecule has 1 atom stereocenters. The highest BCUT2D eigenvalue weighted by Gasteiger charge is 2.56. The fourth-order valence-corrected chi connectivity index (χ4v) is 4.01. The summed E-state index contributed by atoms with van der Waals surface area (Å²) in [7, 11) is 0. The first-order chi connectivity index (χ1) is 12.8. The zero-order valence-electron chi connectivity index (χ0n) is 15.3. The van der Waals surface area contributed by atoms with Crippen LogP contribution in [0.25, 0.3) is 5.69 Å². The molecule has 1 aliphatic carbocycles. The maximum Gasteiger partial charge on any atom is 0.252 e. The maximum atomic E-state index is 12.9. The molecular weight excluding hydrogens is 374 g/mol. The standard InChI is InChI=1S/C18H22F2N4O2S/c1-3-23(17(25)6-8-27-12-14-9-18(14,19)20)16-11-24(21-13(16)2)15-5-4-7-22(26)10-15/h4-5,7,10-11,14H,3,6,8-9,12H2,1-2H3. The van der Waals surface area contributed by atoms with E-state index in [-0.39, 0.29) is 18.7 Å². The van der Waals surface area contributed by atoms with Gasteiger partial charge in [-0.25, -0.2) is 13.5 Å². The Labute approximate surface area is 160 Å². The Kier molecular flexibility index (Phi) is 5.69. The maximum absolute atomic E-state index is 12.9. The molecule has 146 valence electrons. The van der Waals surface area contributed by atoms with Crippen molar-refractivity contribution in [3.05, 3.63) is 41.6 Å². The highest BCUT2D eigenvalue weighted by Crippen LogP contribution is 2.50. The highest BCUT2D eigenvalue weighted by atomic mass is 32.2. The van der Waals surface area contributed by atoms with Crippen LogP contribution in [0.2, 0.25) is 0 Å². The number of anilines is 1.